The van der Waals surface area contributed by atoms with Gasteiger partial charge in [-0.3, -0.25) is 9.69 Å². The number of rotatable bonds is 8. The number of nitrogens with zero attached hydrogens (tertiary/aromatic N) is 3. The second-order valence-electron chi connectivity index (χ2n) is 9.63. The molecular formula is C26H37N3OS. The Kier molecular flexibility index (Phi) is 7.47. The number of hydrogen-bond acceptors (Lipinski definition) is 4. The van der Waals surface area contributed by atoms with Crippen LogP contribution in [-0.4, -0.2) is 73.5 Å². The summed E-state index contributed by atoms with van der Waals surface area (Å²) in [6.45, 7) is 7.19. The molecule has 4 rings (SSSR count). The van der Waals surface area contributed by atoms with Crippen molar-refractivity contribution in [2.24, 2.45) is 5.92 Å². The molecule has 5 heteroatoms. The van der Waals surface area contributed by atoms with Gasteiger partial charge in [-0.05, 0) is 102 Å². The predicted molar refractivity (Wildman–Crippen MR) is 130 cm³/mol. The first-order valence-corrected chi connectivity index (χ1v) is 12.6. The molecule has 0 unspecified atom stereocenters. The van der Waals surface area contributed by atoms with Gasteiger partial charge in [-0.25, -0.2) is 0 Å². The maximum atomic E-state index is 13.2. The molecule has 0 radical (unpaired) electrons. The average Bonchev–Trinajstić information content (AvgIpc) is 3.39. The molecule has 31 heavy (non-hydrogen) atoms. The van der Waals surface area contributed by atoms with Gasteiger partial charge in [-0.1, -0.05) is 24.3 Å². The number of thiophene rings is 1. The second kappa shape index (κ2) is 10.3. The lowest BCUT2D eigenvalue weighted by atomic mass is 9.94. The Labute approximate surface area is 191 Å². The molecule has 1 saturated heterocycles. The van der Waals surface area contributed by atoms with E-state index < -0.39 is 0 Å². The maximum absolute atomic E-state index is 13.2. The van der Waals surface area contributed by atoms with Crippen molar-refractivity contribution >= 4 is 17.2 Å². The average molecular weight is 440 g/mol. The van der Waals surface area contributed by atoms with Crippen molar-refractivity contribution in [1.29, 1.82) is 0 Å². The maximum Gasteiger partial charge on any atom is 0.263 e. The van der Waals surface area contributed by atoms with Crippen LogP contribution in [0.4, 0.5) is 0 Å². The van der Waals surface area contributed by atoms with E-state index in [4.69, 9.17) is 0 Å². The number of piperidine rings is 1. The van der Waals surface area contributed by atoms with E-state index in [2.05, 4.69) is 66.1 Å². The SMILES string of the molecule is Cc1ccc(C(=O)N(CCCN(C)C)CC2CCN(C3Cc4ccccc4C3)CC2)s1. The van der Waals surface area contributed by atoms with Crippen LogP contribution in [0.1, 0.15) is 44.9 Å². The van der Waals surface area contributed by atoms with Crippen LogP contribution in [0.15, 0.2) is 36.4 Å². The van der Waals surface area contributed by atoms with Crippen molar-refractivity contribution in [3.63, 3.8) is 0 Å². The highest BCUT2D eigenvalue weighted by molar-refractivity contribution is 7.13. The lowest BCUT2D eigenvalue weighted by Crippen LogP contribution is -2.45. The third-order valence-corrected chi connectivity index (χ3v) is 7.93. The minimum atomic E-state index is 0.227. The number of fused-ring (bicyclic) bond motifs is 1. The molecule has 2 aliphatic rings. The molecule has 0 bridgehead atoms. The van der Waals surface area contributed by atoms with Gasteiger partial charge in [0.1, 0.15) is 0 Å². The highest BCUT2D eigenvalue weighted by Gasteiger charge is 2.31. The number of aryl methyl sites for hydroxylation is 1. The van der Waals surface area contributed by atoms with E-state index in [1.807, 2.05) is 6.07 Å². The summed E-state index contributed by atoms with van der Waals surface area (Å²) in [5, 5.41) is 0. The molecule has 1 aliphatic carbocycles. The fourth-order valence-corrected chi connectivity index (χ4v) is 6.00. The third-order valence-electron chi connectivity index (χ3n) is 6.95. The van der Waals surface area contributed by atoms with Gasteiger partial charge in [-0.15, -0.1) is 11.3 Å². The normalized spacial score (nSPS) is 17.9. The van der Waals surface area contributed by atoms with Crippen LogP contribution >= 0.6 is 11.3 Å². The zero-order chi connectivity index (χ0) is 21.8. The van der Waals surface area contributed by atoms with Crippen LogP contribution < -0.4 is 0 Å². The molecule has 0 atom stereocenters. The number of carbonyl (C=O) groups is 1. The predicted octanol–water partition coefficient (Wildman–Crippen LogP) is 4.33. The van der Waals surface area contributed by atoms with Crippen LogP contribution in [0.25, 0.3) is 0 Å². The molecule has 0 N–H and O–H groups in total. The lowest BCUT2D eigenvalue weighted by Gasteiger charge is -2.38. The molecular weight excluding hydrogens is 402 g/mol. The summed E-state index contributed by atoms with van der Waals surface area (Å²) in [5.41, 5.74) is 3.08. The van der Waals surface area contributed by atoms with Gasteiger partial charge in [-0.2, -0.15) is 0 Å². The number of amides is 1. The highest BCUT2D eigenvalue weighted by atomic mass is 32.1. The fourth-order valence-electron chi connectivity index (χ4n) is 5.17. The molecule has 1 aromatic heterocycles. The standard InChI is InChI=1S/C26H37N3OS/c1-20-9-10-25(31-20)26(30)29(14-6-13-27(2)3)19-21-11-15-28(16-12-21)24-17-22-7-4-5-8-23(22)18-24/h4-5,7-10,21,24H,6,11-19H2,1-3H3. The van der Waals surface area contributed by atoms with Gasteiger partial charge in [0.15, 0.2) is 0 Å². The monoisotopic (exact) mass is 439 g/mol. The van der Waals surface area contributed by atoms with Crippen molar-refractivity contribution in [2.75, 3.05) is 46.8 Å². The minimum absolute atomic E-state index is 0.227. The topological polar surface area (TPSA) is 26.8 Å². The first-order valence-electron chi connectivity index (χ1n) is 11.8. The lowest BCUT2D eigenvalue weighted by molar-refractivity contribution is 0.0665. The van der Waals surface area contributed by atoms with Gasteiger partial charge in [0.05, 0.1) is 4.88 Å². The summed E-state index contributed by atoms with van der Waals surface area (Å²) >= 11 is 1.63. The molecule has 1 aliphatic heterocycles. The Morgan fingerprint density at radius 1 is 1.03 bits per heavy atom. The molecule has 2 heterocycles. The van der Waals surface area contributed by atoms with Crippen LogP contribution in [0.3, 0.4) is 0 Å². The second-order valence-corrected chi connectivity index (χ2v) is 10.9. The van der Waals surface area contributed by atoms with Gasteiger partial charge in [0.2, 0.25) is 0 Å². The molecule has 0 saturated carbocycles. The smallest absolute Gasteiger partial charge is 0.263 e. The van der Waals surface area contributed by atoms with E-state index >= 15 is 0 Å². The molecule has 4 nitrogen and oxygen atoms in total. The summed E-state index contributed by atoms with van der Waals surface area (Å²) in [5.74, 6) is 0.843. The van der Waals surface area contributed by atoms with Crippen molar-refractivity contribution in [1.82, 2.24) is 14.7 Å². The van der Waals surface area contributed by atoms with Gasteiger partial charge in [0, 0.05) is 24.0 Å². The van der Waals surface area contributed by atoms with E-state index in [0.717, 1.165) is 30.9 Å². The highest BCUT2D eigenvalue weighted by Crippen LogP contribution is 2.29. The summed E-state index contributed by atoms with van der Waals surface area (Å²) in [6, 6.07) is 13.7. The molecule has 0 spiro atoms. The van der Waals surface area contributed by atoms with Crippen molar-refractivity contribution in [2.45, 2.75) is 45.1 Å². The number of benzene rings is 1. The Morgan fingerprint density at radius 2 is 1.71 bits per heavy atom. The van der Waals surface area contributed by atoms with Crippen molar-refractivity contribution < 1.29 is 4.79 Å². The molecule has 1 aromatic carbocycles. The van der Waals surface area contributed by atoms with Crippen molar-refractivity contribution in [3.8, 4) is 0 Å². The van der Waals surface area contributed by atoms with E-state index in [1.54, 1.807) is 22.5 Å². The minimum Gasteiger partial charge on any atom is -0.338 e. The molecule has 168 valence electrons. The Bertz CT molecular complexity index is 844. The first-order chi connectivity index (χ1) is 15.0. The number of carbonyl (C=O) groups excluding carboxylic acids is 1. The van der Waals surface area contributed by atoms with Crippen LogP contribution in [0.2, 0.25) is 0 Å². The fraction of sp³-hybridized carbons (Fsp3) is 0.577. The van der Waals surface area contributed by atoms with Gasteiger partial charge >= 0.3 is 0 Å². The number of likely N-dealkylation sites (tertiary alicyclic amines) is 1. The summed E-state index contributed by atoms with van der Waals surface area (Å²) < 4.78 is 0. The van der Waals surface area contributed by atoms with Crippen LogP contribution in [0.5, 0.6) is 0 Å². The molecule has 2 aromatic rings. The van der Waals surface area contributed by atoms with E-state index in [0.29, 0.717) is 12.0 Å². The summed E-state index contributed by atoms with van der Waals surface area (Å²) in [6.07, 6.45) is 5.84. The van der Waals surface area contributed by atoms with Gasteiger partial charge < -0.3 is 9.80 Å². The Balaban J connectivity index is 1.32. The number of hydrogen-bond donors (Lipinski definition) is 0. The third kappa shape index (κ3) is 5.76. The van der Waals surface area contributed by atoms with E-state index in [9.17, 15) is 4.79 Å². The first kappa shape index (κ1) is 22.5. The zero-order valence-corrected chi connectivity index (χ0v) is 20.2. The Hall–Kier alpha value is -1.69. The van der Waals surface area contributed by atoms with Gasteiger partial charge in [0.25, 0.3) is 5.91 Å². The summed E-state index contributed by atoms with van der Waals surface area (Å²) in [4.78, 5) is 22.4. The quantitative estimate of drug-likeness (QED) is 0.613. The van der Waals surface area contributed by atoms with E-state index in [1.165, 1.54) is 43.6 Å². The zero-order valence-electron chi connectivity index (χ0n) is 19.3. The van der Waals surface area contributed by atoms with Crippen LogP contribution in [-0.2, 0) is 12.8 Å². The largest absolute Gasteiger partial charge is 0.338 e. The van der Waals surface area contributed by atoms with E-state index in [-0.39, 0.29) is 5.91 Å². The Morgan fingerprint density at radius 3 is 2.29 bits per heavy atom. The van der Waals surface area contributed by atoms with Crippen molar-refractivity contribution in [3.05, 3.63) is 57.3 Å². The summed E-state index contributed by atoms with van der Waals surface area (Å²) in [7, 11) is 4.21. The van der Waals surface area contributed by atoms with Crippen LogP contribution in [0, 0.1) is 12.8 Å². The molecule has 1 fully saturated rings. The molecule has 1 amide bonds.